The number of carbonyl (C=O) groups is 1. The summed E-state index contributed by atoms with van der Waals surface area (Å²) < 4.78 is 0. The minimum atomic E-state index is -1.03. The first-order valence-electron chi connectivity index (χ1n) is 2.71. The standard InChI is InChI=1S/C6H4Cl2O2S/c1-2-3(7)4(8)5(11-2)6(9)10/h1H3,(H,9,10). The van der Waals surface area contributed by atoms with Gasteiger partial charge in [0.2, 0.25) is 0 Å². The lowest BCUT2D eigenvalue weighted by Crippen LogP contribution is -1.91. The van der Waals surface area contributed by atoms with E-state index in [2.05, 4.69) is 0 Å². The number of aryl methyl sites for hydroxylation is 1. The van der Waals surface area contributed by atoms with Crippen molar-refractivity contribution >= 4 is 40.5 Å². The smallest absolute Gasteiger partial charge is 0.347 e. The number of halogens is 2. The lowest BCUT2D eigenvalue weighted by Gasteiger charge is -1.86. The van der Waals surface area contributed by atoms with E-state index < -0.39 is 5.97 Å². The highest BCUT2D eigenvalue weighted by molar-refractivity contribution is 7.15. The Morgan fingerprint density at radius 3 is 2.18 bits per heavy atom. The third kappa shape index (κ3) is 1.50. The van der Waals surface area contributed by atoms with Crippen LogP contribution in [0.2, 0.25) is 10.0 Å². The molecule has 11 heavy (non-hydrogen) atoms. The lowest BCUT2D eigenvalue weighted by molar-refractivity contribution is 0.0702. The van der Waals surface area contributed by atoms with Crippen LogP contribution < -0.4 is 0 Å². The first-order chi connectivity index (χ1) is 5.04. The summed E-state index contributed by atoms with van der Waals surface area (Å²) in [7, 11) is 0. The Morgan fingerprint density at radius 2 is 2.00 bits per heavy atom. The highest BCUT2D eigenvalue weighted by Gasteiger charge is 2.17. The van der Waals surface area contributed by atoms with Gasteiger partial charge in [-0.15, -0.1) is 11.3 Å². The Morgan fingerprint density at radius 1 is 1.45 bits per heavy atom. The molecule has 0 aliphatic heterocycles. The molecule has 1 rings (SSSR count). The molecule has 0 spiro atoms. The second kappa shape index (κ2) is 3.01. The molecule has 2 nitrogen and oxygen atoms in total. The highest BCUT2D eigenvalue weighted by Crippen LogP contribution is 2.35. The van der Waals surface area contributed by atoms with E-state index in [1.165, 1.54) is 0 Å². The maximum Gasteiger partial charge on any atom is 0.347 e. The van der Waals surface area contributed by atoms with Crippen LogP contribution in [0.15, 0.2) is 0 Å². The Kier molecular flexibility index (Phi) is 2.42. The summed E-state index contributed by atoms with van der Waals surface area (Å²) in [6.45, 7) is 1.73. The number of thiophene rings is 1. The largest absolute Gasteiger partial charge is 0.477 e. The molecular formula is C6H4Cl2O2S. The van der Waals surface area contributed by atoms with E-state index in [1.54, 1.807) is 6.92 Å². The molecule has 0 fully saturated rings. The van der Waals surface area contributed by atoms with Crippen molar-refractivity contribution in [2.75, 3.05) is 0 Å². The molecule has 0 atom stereocenters. The van der Waals surface area contributed by atoms with Crippen LogP contribution in [0, 0.1) is 6.92 Å². The maximum absolute atomic E-state index is 10.5. The molecule has 0 amide bonds. The predicted molar refractivity (Wildman–Crippen MR) is 46.0 cm³/mol. The summed E-state index contributed by atoms with van der Waals surface area (Å²) in [5, 5.41) is 9.05. The van der Waals surface area contributed by atoms with Crippen LogP contribution in [0.25, 0.3) is 0 Å². The zero-order valence-electron chi connectivity index (χ0n) is 5.52. The molecule has 0 radical (unpaired) electrons. The summed E-state index contributed by atoms with van der Waals surface area (Å²) in [4.78, 5) is 11.3. The van der Waals surface area contributed by atoms with Gasteiger partial charge in [0.15, 0.2) is 0 Å². The van der Waals surface area contributed by atoms with Gasteiger partial charge in [0, 0.05) is 4.88 Å². The van der Waals surface area contributed by atoms with Gasteiger partial charge in [-0.3, -0.25) is 0 Å². The molecule has 1 aromatic heterocycles. The van der Waals surface area contributed by atoms with Crippen molar-refractivity contribution in [3.05, 3.63) is 19.8 Å². The van der Waals surface area contributed by atoms with Crippen LogP contribution in [0.1, 0.15) is 14.5 Å². The minimum absolute atomic E-state index is 0.106. The van der Waals surface area contributed by atoms with Crippen LogP contribution in [0.5, 0.6) is 0 Å². The van der Waals surface area contributed by atoms with E-state index in [4.69, 9.17) is 28.3 Å². The van der Waals surface area contributed by atoms with E-state index in [1.807, 2.05) is 0 Å². The Labute approximate surface area is 77.4 Å². The third-order valence-electron chi connectivity index (χ3n) is 1.15. The molecule has 0 unspecified atom stereocenters. The van der Waals surface area contributed by atoms with Crippen LogP contribution >= 0.6 is 34.5 Å². The molecule has 1 heterocycles. The number of carboxylic acids is 1. The molecular weight excluding hydrogens is 207 g/mol. The summed E-state index contributed by atoms with van der Waals surface area (Å²) in [6, 6.07) is 0. The molecule has 0 saturated carbocycles. The van der Waals surface area contributed by atoms with Crippen molar-refractivity contribution in [1.29, 1.82) is 0 Å². The van der Waals surface area contributed by atoms with Crippen molar-refractivity contribution in [3.8, 4) is 0 Å². The first-order valence-corrected chi connectivity index (χ1v) is 4.29. The Hall–Kier alpha value is -0.250. The van der Waals surface area contributed by atoms with Gasteiger partial charge in [0.05, 0.1) is 10.0 Å². The van der Waals surface area contributed by atoms with Gasteiger partial charge in [-0.05, 0) is 6.92 Å². The van der Waals surface area contributed by atoms with Crippen molar-refractivity contribution in [1.82, 2.24) is 0 Å². The van der Waals surface area contributed by atoms with Gasteiger partial charge < -0.3 is 5.11 Å². The molecule has 0 bridgehead atoms. The van der Waals surface area contributed by atoms with Gasteiger partial charge in [-0.2, -0.15) is 0 Å². The molecule has 1 N–H and O–H groups in total. The average Bonchev–Trinajstić information content (AvgIpc) is 2.17. The summed E-state index contributed by atoms with van der Waals surface area (Å²) >= 11 is 12.3. The molecule has 0 saturated heterocycles. The fourth-order valence-electron chi connectivity index (χ4n) is 0.634. The molecule has 0 aromatic carbocycles. The average molecular weight is 211 g/mol. The van der Waals surface area contributed by atoms with Crippen LogP contribution in [-0.2, 0) is 0 Å². The number of hydrogen-bond donors (Lipinski definition) is 1. The summed E-state index contributed by atoms with van der Waals surface area (Å²) in [5.74, 6) is -1.03. The van der Waals surface area contributed by atoms with Gasteiger partial charge in [-0.1, -0.05) is 23.2 Å². The number of aromatic carboxylic acids is 1. The van der Waals surface area contributed by atoms with E-state index in [0.717, 1.165) is 16.2 Å². The second-order valence-electron chi connectivity index (χ2n) is 1.92. The fraction of sp³-hybridized carbons (Fsp3) is 0.167. The van der Waals surface area contributed by atoms with Crippen molar-refractivity contribution in [2.24, 2.45) is 0 Å². The fourth-order valence-corrected chi connectivity index (χ4v) is 2.07. The minimum Gasteiger partial charge on any atom is -0.477 e. The summed E-state index contributed by atoms with van der Waals surface area (Å²) in [5.41, 5.74) is 0. The van der Waals surface area contributed by atoms with Crippen LogP contribution in [0.3, 0.4) is 0 Å². The predicted octanol–water partition coefficient (Wildman–Crippen LogP) is 3.06. The van der Waals surface area contributed by atoms with E-state index in [9.17, 15) is 4.79 Å². The van der Waals surface area contributed by atoms with Crippen molar-refractivity contribution in [2.45, 2.75) is 6.92 Å². The van der Waals surface area contributed by atoms with Gasteiger partial charge in [0.25, 0.3) is 0 Å². The highest BCUT2D eigenvalue weighted by atomic mass is 35.5. The van der Waals surface area contributed by atoms with E-state index in [-0.39, 0.29) is 9.90 Å². The zero-order valence-corrected chi connectivity index (χ0v) is 7.85. The molecule has 1 aromatic rings. The topological polar surface area (TPSA) is 37.3 Å². The van der Waals surface area contributed by atoms with Crippen molar-refractivity contribution in [3.63, 3.8) is 0 Å². The summed E-state index contributed by atoms with van der Waals surface area (Å²) in [6.07, 6.45) is 0. The third-order valence-corrected chi connectivity index (χ3v) is 3.41. The monoisotopic (exact) mass is 210 g/mol. The van der Waals surface area contributed by atoms with E-state index in [0.29, 0.717) is 5.02 Å². The van der Waals surface area contributed by atoms with Gasteiger partial charge in [-0.25, -0.2) is 4.79 Å². The van der Waals surface area contributed by atoms with Gasteiger partial charge in [0.1, 0.15) is 4.88 Å². The molecule has 0 aliphatic carbocycles. The second-order valence-corrected chi connectivity index (χ2v) is 3.90. The SMILES string of the molecule is Cc1sc(C(=O)O)c(Cl)c1Cl. The normalized spacial score (nSPS) is 10.1. The number of rotatable bonds is 1. The quantitative estimate of drug-likeness (QED) is 0.774. The Balaban J connectivity index is 3.29. The Bertz CT molecular complexity index is 306. The van der Waals surface area contributed by atoms with Crippen LogP contribution in [0.4, 0.5) is 0 Å². The lowest BCUT2D eigenvalue weighted by atomic mass is 10.4. The van der Waals surface area contributed by atoms with E-state index >= 15 is 0 Å². The van der Waals surface area contributed by atoms with Crippen molar-refractivity contribution < 1.29 is 9.90 Å². The van der Waals surface area contributed by atoms with Crippen LogP contribution in [-0.4, -0.2) is 11.1 Å². The first kappa shape index (κ1) is 8.84. The molecule has 5 heteroatoms. The molecule has 60 valence electrons. The maximum atomic E-state index is 10.5. The number of carboxylic acid groups (broad SMARTS) is 1. The zero-order chi connectivity index (χ0) is 8.59. The number of hydrogen-bond acceptors (Lipinski definition) is 2. The van der Waals surface area contributed by atoms with Gasteiger partial charge >= 0.3 is 5.97 Å². The molecule has 0 aliphatic rings.